The normalized spacial score (nSPS) is 10.8. The minimum Gasteiger partial charge on any atom is -0.481 e. The minimum absolute atomic E-state index is 0.170. The predicted molar refractivity (Wildman–Crippen MR) is 57.5 cm³/mol. The number of allylic oxidation sites excluding steroid dienone is 1. The molecule has 1 rings (SSSR count). The molecular weight excluding hydrogens is 219 g/mol. The zero-order chi connectivity index (χ0) is 11.3. The Hall–Kier alpha value is -1.35. The standard InChI is InChI=1S/C11H10ClFO2/c12-5-1-2-9-4-3-8(6-10(9)13)7-11(14)15/h1-4,6H,5,7H2,(H,14,15). The average Bonchev–Trinajstić information content (AvgIpc) is 2.15. The lowest BCUT2D eigenvalue weighted by Crippen LogP contribution is -2.00. The predicted octanol–water partition coefficient (Wildman–Crippen LogP) is 2.70. The Balaban J connectivity index is 2.87. The number of hydrogen-bond acceptors (Lipinski definition) is 1. The first-order valence-electron chi connectivity index (χ1n) is 4.36. The van der Waals surface area contributed by atoms with Crippen molar-refractivity contribution in [3.8, 4) is 0 Å². The summed E-state index contributed by atoms with van der Waals surface area (Å²) < 4.78 is 13.3. The molecule has 0 aliphatic carbocycles. The van der Waals surface area contributed by atoms with Gasteiger partial charge in [-0.15, -0.1) is 11.6 Å². The highest BCUT2D eigenvalue weighted by molar-refractivity contribution is 6.19. The molecule has 1 aromatic rings. The number of alkyl halides is 1. The van der Waals surface area contributed by atoms with Gasteiger partial charge in [0.15, 0.2) is 0 Å². The lowest BCUT2D eigenvalue weighted by molar-refractivity contribution is -0.136. The molecule has 0 saturated heterocycles. The number of carboxylic acids is 1. The van der Waals surface area contributed by atoms with Crippen LogP contribution in [0.15, 0.2) is 24.3 Å². The molecule has 0 saturated carbocycles. The summed E-state index contributed by atoms with van der Waals surface area (Å²) in [5.74, 6) is -1.09. The fourth-order valence-corrected chi connectivity index (χ4v) is 1.25. The van der Waals surface area contributed by atoms with E-state index in [9.17, 15) is 9.18 Å². The molecule has 1 N–H and O–H groups in total. The molecule has 0 spiro atoms. The van der Waals surface area contributed by atoms with Gasteiger partial charge < -0.3 is 5.11 Å². The summed E-state index contributed by atoms with van der Waals surface area (Å²) in [6.07, 6.45) is 3.01. The molecule has 0 aliphatic rings. The van der Waals surface area contributed by atoms with E-state index in [1.165, 1.54) is 12.1 Å². The van der Waals surface area contributed by atoms with Crippen molar-refractivity contribution in [1.82, 2.24) is 0 Å². The van der Waals surface area contributed by atoms with Crippen LogP contribution in [0.25, 0.3) is 6.08 Å². The van der Waals surface area contributed by atoms with E-state index in [4.69, 9.17) is 16.7 Å². The van der Waals surface area contributed by atoms with Gasteiger partial charge in [0, 0.05) is 11.4 Å². The van der Waals surface area contributed by atoms with Crippen molar-refractivity contribution in [3.63, 3.8) is 0 Å². The Bertz CT molecular complexity index is 388. The highest BCUT2D eigenvalue weighted by atomic mass is 35.5. The third-order valence-electron chi connectivity index (χ3n) is 1.81. The second kappa shape index (κ2) is 5.51. The summed E-state index contributed by atoms with van der Waals surface area (Å²) in [4.78, 5) is 10.4. The fraction of sp³-hybridized carbons (Fsp3) is 0.182. The Morgan fingerprint density at radius 1 is 1.53 bits per heavy atom. The van der Waals surface area contributed by atoms with E-state index in [0.717, 1.165) is 0 Å². The fourth-order valence-electron chi connectivity index (χ4n) is 1.16. The van der Waals surface area contributed by atoms with Crippen molar-refractivity contribution in [2.45, 2.75) is 6.42 Å². The molecule has 0 aromatic heterocycles. The molecule has 0 amide bonds. The maximum absolute atomic E-state index is 13.3. The van der Waals surface area contributed by atoms with E-state index in [1.54, 1.807) is 18.2 Å². The quantitative estimate of drug-likeness (QED) is 0.805. The summed E-state index contributed by atoms with van der Waals surface area (Å²) in [6.45, 7) is 0. The van der Waals surface area contributed by atoms with Crippen LogP contribution in [0, 0.1) is 5.82 Å². The van der Waals surface area contributed by atoms with Crippen molar-refractivity contribution in [2.24, 2.45) is 0 Å². The van der Waals surface area contributed by atoms with E-state index in [0.29, 0.717) is 17.0 Å². The molecule has 80 valence electrons. The van der Waals surface area contributed by atoms with Crippen LogP contribution in [0.4, 0.5) is 4.39 Å². The number of rotatable bonds is 4. The maximum atomic E-state index is 13.3. The number of benzene rings is 1. The van der Waals surface area contributed by atoms with Crippen molar-refractivity contribution < 1.29 is 14.3 Å². The van der Waals surface area contributed by atoms with Crippen molar-refractivity contribution in [3.05, 3.63) is 41.2 Å². The number of halogens is 2. The molecule has 15 heavy (non-hydrogen) atoms. The van der Waals surface area contributed by atoms with Crippen LogP contribution in [0.5, 0.6) is 0 Å². The maximum Gasteiger partial charge on any atom is 0.307 e. The highest BCUT2D eigenvalue weighted by Crippen LogP contribution is 2.12. The Morgan fingerprint density at radius 2 is 2.27 bits per heavy atom. The second-order valence-electron chi connectivity index (χ2n) is 2.98. The zero-order valence-corrected chi connectivity index (χ0v) is 8.67. The third kappa shape index (κ3) is 3.72. The molecule has 0 radical (unpaired) electrons. The molecule has 0 bridgehead atoms. The van der Waals surface area contributed by atoms with E-state index in [2.05, 4.69) is 0 Å². The van der Waals surface area contributed by atoms with Crippen LogP contribution in [-0.4, -0.2) is 17.0 Å². The summed E-state index contributed by atoms with van der Waals surface area (Å²) in [7, 11) is 0. The first-order valence-corrected chi connectivity index (χ1v) is 4.89. The first-order chi connectivity index (χ1) is 7.13. The smallest absolute Gasteiger partial charge is 0.307 e. The van der Waals surface area contributed by atoms with E-state index in [-0.39, 0.29) is 6.42 Å². The van der Waals surface area contributed by atoms with Crippen LogP contribution in [-0.2, 0) is 11.2 Å². The molecule has 0 unspecified atom stereocenters. The average molecular weight is 229 g/mol. The van der Waals surface area contributed by atoms with Gasteiger partial charge in [0.05, 0.1) is 6.42 Å². The van der Waals surface area contributed by atoms with Crippen molar-refractivity contribution >= 4 is 23.6 Å². The second-order valence-corrected chi connectivity index (χ2v) is 3.29. The first kappa shape index (κ1) is 11.7. The Morgan fingerprint density at radius 3 is 2.80 bits per heavy atom. The summed E-state index contributed by atoms with van der Waals surface area (Å²) >= 11 is 5.42. The van der Waals surface area contributed by atoms with E-state index in [1.807, 2.05) is 0 Å². The van der Waals surface area contributed by atoms with Crippen LogP contribution in [0.2, 0.25) is 0 Å². The van der Waals surface area contributed by atoms with Gasteiger partial charge in [0.2, 0.25) is 0 Å². The highest BCUT2D eigenvalue weighted by Gasteiger charge is 2.04. The lowest BCUT2D eigenvalue weighted by atomic mass is 10.1. The minimum atomic E-state index is -0.974. The number of aliphatic carboxylic acids is 1. The Labute approximate surface area is 92.0 Å². The van der Waals surface area contributed by atoms with Crippen molar-refractivity contribution in [2.75, 3.05) is 5.88 Å². The summed E-state index contributed by atoms with van der Waals surface area (Å²) in [5.41, 5.74) is 0.854. The largest absolute Gasteiger partial charge is 0.481 e. The molecular formula is C11H10ClFO2. The summed E-state index contributed by atoms with van der Waals surface area (Å²) in [5, 5.41) is 8.51. The van der Waals surface area contributed by atoms with Crippen LogP contribution in [0.1, 0.15) is 11.1 Å². The molecule has 1 aromatic carbocycles. The van der Waals surface area contributed by atoms with Gasteiger partial charge in [-0.2, -0.15) is 0 Å². The monoisotopic (exact) mass is 228 g/mol. The van der Waals surface area contributed by atoms with Gasteiger partial charge in [-0.05, 0) is 11.6 Å². The molecule has 0 aliphatic heterocycles. The SMILES string of the molecule is O=C(O)Cc1ccc(C=CCCl)c(F)c1. The van der Waals surface area contributed by atoms with Crippen molar-refractivity contribution in [1.29, 1.82) is 0 Å². The third-order valence-corrected chi connectivity index (χ3v) is 1.98. The lowest BCUT2D eigenvalue weighted by Gasteiger charge is -2.00. The molecule has 0 heterocycles. The van der Waals surface area contributed by atoms with Gasteiger partial charge >= 0.3 is 5.97 Å². The van der Waals surface area contributed by atoms with Gasteiger partial charge in [0.25, 0.3) is 0 Å². The van der Waals surface area contributed by atoms with Gasteiger partial charge in [-0.3, -0.25) is 4.79 Å². The van der Waals surface area contributed by atoms with E-state index < -0.39 is 11.8 Å². The van der Waals surface area contributed by atoms with Gasteiger partial charge in [-0.25, -0.2) is 4.39 Å². The number of hydrogen-bond donors (Lipinski definition) is 1. The van der Waals surface area contributed by atoms with Gasteiger partial charge in [0.1, 0.15) is 5.82 Å². The summed E-state index contributed by atoms with van der Waals surface area (Å²) in [6, 6.07) is 4.35. The molecule has 0 fully saturated rings. The number of carboxylic acid groups (broad SMARTS) is 1. The van der Waals surface area contributed by atoms with Crippen LogP contribution < -0.4 is 0 Å². The molecule has 2 nitrogen and oxygen atoms in total. The zero-order valence-electron chi connectivity index (χ0n) is 7.91. The molecule has 0 atom stereocenters. The van der Waals surface area contributed by atoms with E-state index >= 15 is 0 Å². The topological polar surface area (TPSA) is 37.3 Å². The Kier molecular flexibility index (Phi) is 4.31. The van der Waals surface area contributed by atoms with Crippen LogP contribution >= 0.6 is 11.6 Å². The number of carbonyl (C=O) groups is 1. The van der Waals surface area contributed by atoms with Crippen LogP contribution in [0.3, 0.4) is 0 Å². The molecule has 4 heteroatoms. The van der Waals surface area contributed by atoms with Gasteiger partial charge in [-0.1, -0.05) is 24.3 Å².